The third kappa shape index (κ3) is 5.08. The number of benzene rings is 1. The molecule has 2 aliphatic rings. The summed E-state index contributed by atoms with van der Waals surface area (Å²) in [6.07, 6.45) is 2.20. The van der Waals surface area contributed by atoms with Crippen LogP contribution in [0.4, 0.5) is 0 Å². The molecule has 1 aliphatic carbocycles. The van der Waals surface area contributed by atoms with Crippen LogP contribution in [0.5, 0.6) is 5.75 Å². The van der Waals surface area contributed by atoms with Crippen molar-refractivity contribution in [2.45, 2.75) is 25.5 Å². The summed E-state index contributed by atoms with van der Waals surface area (Å²) >= 11 is 1.53. The molecule has 1 aromatic carbocycles. The van der Waals surface area contributed by atoms with Crippen molar-refractivity contribution in [1.82, 2.24) is 20.1 Å². The molecule has 1 saturated carbocycles. The Morgan fingerprint density at radius 3 is 2.75 bits per heavy atom. The molecule has 2 amide bonds. The molecule has 0 spiro atoms. The summed E-state index contributed by atoms with van der Waals surface area (Å²) in [7, 11) is 0. The van der Waals surface area contributed by atoms with E-state index in [2.05, 4.69) is 15.2 Å². The lowest BCUT2D eigenvalue weighted by atomic mass is 10.1. The van der Waals surface area contributed by atoms with Crippen LogP contribution in [-0.4, -0.2) is 65.4 Å². The van der Waals surface area contributed by atoms with Gasteiger partial charge in [0, 0.05) is 43.2 Å². The first-order valence-corrected chi connectivity index (χ1v) is 10.5. The average molecular weight is 401 g/mol. The number of nitrogens with one attached hydrogen (secondary N) is 1. The third-order valence-electron chi connectivity index (χ3n) is 4.92. The highest BCUT2D eigenvalue weighted by Gasteiger charge is 2.26. The molecule has 4 rings (SSSR count). The Morgan fingerprint density at radius 1 is 1.21 bits per heavy atom. The maximum atomic E-state index is 12.8. The van der Waals surface area contributed by atoms with Crippen molar-refractivity contribution in [1.29, 1.82) is 0 Å². The molecule has 1 aliphatic heterocycles. The summed E-state index contributed by atoms with van der Waals surface area (Å²) in [6, 6.07) is 7.67. The number of rotatable bonds is 7. The van der Waals surface area contributed by atoms with E-state index in [-0.39, 0.29) is 11.8 Å². The molecule has 1 aromatic heterocycles. The van der Waals surface area contributed by atoms with E-state index < -0.39 is 0 Å². The minimum Gasteiger partial charge on any atom is -0.487 e. The van der Waals surface area contributed by atoms with Gasteiger partial charge in [-0.05, 0) is 31.0 Å². The summed E-state index contributed by atoms with van der Waals surface area (Å²) < 4.78 is 5.75. The molecule has 7 nitrogen and oxygen atoms in total. The van der Waals surface area contributed by atoms with Crippen LogP contribution < -0.4 is 10.1 Å². The van der Waals surface area contributed by atoms with Gasteiger partial charge >= 0.3 is 0 Å². The van der Waals surface area contributed by atoms with Gasteiger partial charge in [-0.3, -0.25) is 14.5 Å². The SMILES string of the molecule is O=C(CN1CCN(C(=O)c2cccc(OCc3cscn3)c2)CC1)NC1CC1. The van der Waals surface area contributed by atoms with Gasteiger partial charge in [-0.2, -0.15) is 0 Å². The summed E-state index contributed by atoms with van der Waals surface area (Å²) in [5.41, 5.74) is 3.27. The third-order valence-corrected chi connectivity index (χ3v) is 5.56. The molecular formula is C20H24N4O3S. The summed E-state index contributed by atoms with van der Waals surface area (Å²) in [5.74, 6) is 0.752. The number of carbonyl (C=O) groups is 2. The van der Waals surface area contributed by atoms with E-state index >= 15 is 0 Å². The van der Waals surface area contributed by atoms with Crippen LogP contribution in [0.25, 0.3) is 0 Å². The predicted molar refractivity (Wildman–Crippen MR) is 106 cm³/mol. The second-order valence-corrected chi connectivity index (χ2v) is 7.93. The van der Waals surface area contributed by atoms with Gasteiger partial charge in [0.25, 0.3) is 5.91 Å². The molecule has 0 bridgehead atoms. The van der Waals surface area contributed by atoms with Gasteiger partial charge in [0.2, 0.25) is 5.91 Å². The first kappa shape index (κ1) is 18.9. The monoisotopic (exact) mass is 400 g/mol. The molecule has 8 heteroatoms. The number of aromatic nitrogens is 1. The smallest absolute Gasteiger partial charge is 0.254 e. The minimum atomic E-state index is 0.00110. The lowest BCUT2D eigenvalue weighted by molar-refractivity contribution is -0.122. The summed E-state index contributed by atoms with van der Waals surface area (Å²) in [5, 5.41) is 4.95. The zero-order valence-corrected chi connectivity index (χ0v) is 16.5. The second kappa shape index (κ2) is 8.70. The molecular weight excluding hydrogens is 376 g/mol. The van der Waals surface area contributed by atoms with E-state index in [1.165, 1.54) is 11.3 Å². The standard InChI is InChI=1S/C20H24N4O3S/c25-19(22-16-4-5-16)11-23-6-8-24(9-7-23)20(26)15-2-1-3-18(10-15)27-12-17-13-28-14-21-17/h1-3,10,13-14,16H,4-9,11-12H2,(H,22,25). The zero-order valence-electron chi connectivity index (χ0n) is 15.7. The van der Waals surface area contributed by atoms with E-state index in [9.17, 15) is 9.59 Å². The van der Waals surface area contributed by atoms with Crippen molar-refractivity contribution in [3.63, 3.8) is 0 Å². The van der Waals surface area contributed by atoms with Gasteiger partial charge in [-0.25, -0.2) is 4.98 Å². The number of hydrogen-bond donors (Lipinski definition) is 1. The van der Waals surface area contributed by atoms with Gasteiger partial charge in [0.1, 0.15) is 12.4 Å². The van der Waals surface area contributed by atoms with E-state index in [1.807, 2.05) is 28.5 Å². The molecule has 0 atom stereocenters. The van der Waals surface area contributed by atoms with Crippen molar-refractivity contribution in [3.05, 3.63) is 46.4 Å². The Bertz CT molecular complexity index is 815. The predicted octanol–water partition coefficient (Wildman–Crippen LogP) is 1.76. The van der Waals surface area contributed by atoms with Crippen LogP contribution in [0, 0.1) is 0 Å². The number of nitrogens with zero attached hydrogens (tertiary/aromatic N) is 3. The molecule has 2 heterocycles. The lowest BCUT2D eigenvalue weighted by Crippen LogP contribution is -2.51. The van der Waals surface area contributed by atoms with Gasteiger partial charge in [0.05, 0.1) is 17.7 Å². The van der Waals surface area contributed by atoms with E-state index in [0.29, 0.717) is 56.7 Å². The molecule has 0 radical (unpaired) electrons. The van der Waals surface area contributed by atoms with Gasteiger partial charge in [-0.15, -0.1) is 11.3 Å². The van der Waals surface area contributed by atoms with Crippen molar-refractivity contribution in [2.75, 3.05) is 32.7 Å². The van der Waals surface area contributed by atoms with E-state index in [4.69, 9.17) is 4.74 Å². The first-order chi connectivity index (χ1) is 13.7. The topological polar surface area (TPSA) is 74.8 Å². The Balaban J connectivity index is 1.27. The fourth-order valence-corrected chi connectivity index (χ4v) is 3.72. The number of ether oxygens (including phenoxy) is 1. The highest BCUT2D eigenvalue weighted by Crippen LogP contribution is 2.19. The van der Waals surface area contributed by atoms with Crippen molar-refractivity contribution >= 4 is 23.2 Å². The van der Waals surface area contributed by atoms with Crippen LogP contribution in [-0.2, 0) is 11.4 Å². The summed E-state index contributed by atoms with van der Waals surface area (Å²) in [4.78, 5) is 32.9. The fraction of sp³-hybridized carbons (Fsp3) is 0.450. The van der Waals surface area contributed by atoms with Crippen LogP contribution in [0.15, 0.2) is 35.2 Å². The molecule has 1 N–H and O–H groups in total. The Hall–Kier alpha value is -2.45. The number of thiazole rings is 1. The van der Waals surface area contributed by atoms with Crippen LogP contribution in [0.2, 0.25) is 0 Å². The van der Waals surface area contributed by atoms with Gasteiger partial charge in [-0.1, -0.05) is 6.07 Å². The fourth-order valence-electron chi connectivity index (χ4n) is 3.18. The Morgan fingerprint density at radius 2 is 2.04 bits per heavy atom. The average Bonchev–Trinajstić information content (AvgIpc) is 3.36. The van der Waals surface area contributed by atoms with Gasteiger partial charge < -0.3 is 15.0 Å². The Kier molecular flexibility index (Phi) is 5.87. The Labute approximate surface area is 168 Å². The highest BCUT2D eigenvalue weighted by molar-refractivity contribution is 7.07. The largest absolute Gasteiger partial charge is 0.487 e. The second-order valence-electron chi connectivity index (χ2n) is 7.21. The number of amides is 2. The number of hydrogen-bond acceptors (Lipinski definition) is 6. The molecule has 2 fully saturated rings. The number of piperazine rings is 1. The molecule has 148 valence electrons. The highest BCUT2D eigenvalue weighted by atomic mass is 32.1. The van der Waals surface area contributed by atoms with Crippen LogP contribution in [0.3, 0.4) is 0 Å². The molecule has 2 aromatic rings. The van der Waals surface area contributed by atoms with Crippen molar-refractivity contribution in [2.24, 2.45) is 0 Å². The van der Waals surface area contributed by atoms with Crippen LogP contribution >= 0.6 is 11.3 Å². The van der Waals surface area contributed by atoms with Gasteiger partial charge in [0.15, 0.2) is 0 Å². The normalized spacial score (nSPS) is 17.4. The zero-order chi connectivity index (χ0) is 19.3. The molecule has 1 saturated heterocycles. The van der Waals surface area contributed by atoms with E-state index in [0.717, 1.165) is 18.5 Å². The van der Waals surface area contributed by atoms with Crippen LogP contribution in [0.1, 0.15) is 28.9 Å². The quantitative estimate of drug-likeness (QED) is 0.767. The van der Waals surface area contributed by atoms with Crippen molar-refractivity contribution in [3.8, 4) is 5.75 Å². The number of carbonyl (C=O) groups excluding carboxylic acids is 2. The summed E-state index contributed by atoms with van der Waals surface area (Å²) in [6.45, 7) is 3.48. The first-order valence-electron chi connectivity index (χ1n) is 9.58. The minimum absolute atomic E-state index is 0.00110. The maximum absolute atomic E-state index is 12.8. The van der Waals surface area contributed by atoms with E-state index in [1.54, 1.807) is 11.6 Å². The van der Waals surface area contributed by atoms with Crippen molar-refractivity contribution < 1.29 is 14.3 Å². The lowest BCUT2D eigenvalue weighted by Gasteiger charge is -2.34. The molecule has 28 heavy (non-hydrogen) atoms. The maximum Gasteiger partial charge on any atom is 0.254 e. The molecule has 0 unspecified atom stereocenters.